The molecule has 7 heteroatoms. The Balaban J connectivity index is 2.00. The average molecular weight is 356 g/mol. The van der Waals surface area contributed by atoms with Gasteiger partial charge in [0.1, 0.15) is 5.82 Å². The fraction of sp³-hybridized carbons (Fsp3) is 0.588. The summed E-state index contributed by atoms with van der Waals surface area (Å²) in [4.78, 5) is 14.2. The van der Waals surface area contributed by atoms with Crippen molar-refractivity contribution in [1.29, 1.82) is 0 Å². The zero-order valence-corrected chi connectivity index (χ0v) is 14.9. The molecule has 1 aliphatic heterocycles. The molecule has 0 radical (unpaired) electrons. The Hall–Kier alpha value is -1.47. The SMILES string of the molecule is CS(=O)(=O)N(CCc1ccccc1F)CC(=O)N1CCCCCC1. The van der Waals surface area contributed by atoms with Gasteiger partial charge >= 0.3 is 0 Å². The second kappa shape index (κ2) is 8.58. The first-order valence-corrected chi connectivity index (χ1v) is 10.2. The van der Waals surface area contributed by atoms with E-state index < -0.39 is 10.0 Å². The third kappa shape index (κ3) is 5.56. The van der Waals surface area contributed by atoms with Gasteiger partial charge in [0.15, 0.2) is 0 Å². The number of sulfonamides is 1. The summed E-state index contributed by atoms with van der Waals surface area (Å²) in [5.74, 6) is -0.527. The van der Waals surface area contributed by atoms with Gasteiger partial charge in [0.2, 0.25) is 15.9 Å². The van der Waals surface area contributed by atoms with Crippen LogP contribution in [0.1, 0.15) is 31.2 Å². The summed E-state index contributed by atoms with van der Waals surface area (Å²) in [6.07, 6.45) is 5.45. The predicted octanol–water partition coefficient (Wildman–Crippen LogP) is 2.03. The number of nitrogens with zero attached hydrogens (tertiary/aromatic N) is 2. The van der Waals surface area contributed by atoms with E-state index in [2.05, 4.69) is 0 Å². The Kier molecular flexibility index (Phi) is 6.74. The second-order valence-electron chi connectivity index (χ2n) is 6.23. The molecule has 0 bridgehead atoms. The molecular formula is C17H25FN2O3S. The minimum Gasteiger partial charge on any atom is -0.342 e. The fourth-order valence-electron chi connectivity index (χ4n) is 2.88. The van der Waals surface area contributed by atoms with Crippen molar-refractivity contribution in [2.75, 3.05) is 32.4 Å². The molecular weight excluding hydrogens is 331 g/mol. The molecule has 5 nitrogen and oxygen atoms in total. The molecule has 0 aliphatic carbocycles. The second-order valence-corrected chi connectivity index (χ2v) is 8.22. The standard InChI is InChI=1S/C17H25FN2O3S/c1-24(22,23)20(13-10-15-8-4-5-9-16(15)18)14-17(21)19-11-6-2-3-7-12-19/h4-5,8-9H,2-3,6-7,10-14H2,1H3. The van der Waals surface area contributed by atoms with Crippen molar-refractivity contribution in [3.8, 4) is 0 Å². The van der Waals surface area contributed by atoms with Gasteiger partial charge in [-0.2, -0.15) is 4.31 Å². The van der Waals surface area contributed by atoms with Gasteiger partial charge in [-0.05, 0) is 30.9 Å². The number of halogens is 1. The summed E-state index contributed by atoms with van der Waals surface area (Å²) in [5, 5.41) is 0. The zero-order chi connectivity index (χ0) is 17.6. The highest BCUT2D eigenvalue weighted by molar-refractivity contribution is 7.88. The van der Waals surface area contributed by atoms with Crippen molar-refractivity contribution in [2.24, 2.45) is 0 Å². The number of benzene rings is 1. The third-order valence-electron chi connectivity index (χ3n) is 4.33. The van der Waals surface area contributed by atoms with Gasteiger partial charge < -0.3 is 4.90 Å². The van der Waals surface area contributed by atoms with E-state index in [1.165, 1.54) is 6.07 Å². The molecule has 1 saturated heterocycles. The molecule has 1 aromatic rings. The maximum Gasteiger partial charge on any atom is 0.237 e. The van der Waals surface area contributed by atoms with Gasteiger partial charge in [-0.3, -0.25) is 4.79 Å². The molecule has 1 aromatic carbocycles. The van der Waals surface area contributed by atoms with Crippen LogP contribution < -0.4 is 0 Å². The number of amides is 1. The molecule has 0 N–H and O–H groups in total. The topological polar surface area (TPSA) is 57.7 Å². The largest absolute Gasteiger partial charge is 0.342 e. The van der Waals surface area contributed by atoms with E-state index in [0.29, 0.717) is 18.7 Å². The molecule has 134 valence electrons. The molecule has 0 saturated carbocycles. The van der Waals surface area contributed by atoms with E-state index in [-0.39, 0.29) is 31.2 Å². The summed E-state index contributed by atoms with van der Waals surface area (Å²) in [6, 6.07) is 6.29. The summed E-state index contributed by atoms with van der Waals surface area (Å²) >= 11 is 0. The van der Waals surface area contributed by atoms with E-state index in [1.807, 2.05) is 0 Å². The summed E-state index contributed by atoms with van der Waals surface area (Å²) in [6.45, 7) is 1.29. The smallest absolute Gasteiger partial charge is 0.237 e. The minimum atomic E-state index is -3.53. The maximum absolute atomic E-state index is 13.7. The number of carbonyl (C=O) groups excluding carboxylic acids is 1. The van der Waals surface area contributed by atoms with Crippen molar-refractivity contribution in [3.63, 3.8) is 0 Å². The predicted molar refractivity (Wildman–Crippen MR) is 91.6 cm³/mol. The number of hydrogen-bond donors (Lipinski definition) is 0. The van der Waals surface area contributed by atoms with Crippen LogP contribution >= 0.6 is 0 Å². The molecule has 1 heterocycles. The molecule has 1 amide bonds. The number of rotatable bonds is 6. The maximum atomic E-state index is 13.7. The molecule has 0 atom stereocenters. The molecule has 0 aromatic heterocycles. The van der Waals surface area contributed by atoms with Gasteiger partial charge in [0.25, 0.3) is 0 Å². The van der Waals surface area contributed by atoms with E-state index in [9.17, 15) is 17.6 Å². The lowest BCUT2D eigenvalue weighted by Gasteiger charge is -2.25. The lowest BCUT2D eigenvalue weighted by molar-refractivity contribution is -0.131. The summed E-state index contributed by atoms with van der Waals surface area (Å²) in [7, 11) is -3.53. The molecule has 2 rings (SSSR count). The zero-order valence-electron chi connectivity index (χ0n) is 14.1. The molecule has 24 heavy (non-hydrogen) atoms. The van der Waals surface area contributed by atoms with Crippen LogP contribution in [-0.4, -0.2) is 56.0 Å². The van der Waals surface area contributed by atoms with Crippen molar-refractivity contribution >= 4 is 15.9 Å². The first-order valence-electron chi connectivity index (χ1n) is 8.34. The van der Waals surface area contributed by atoms with E-state index >= 15 is 0 Å². The highest BCUT2D eigenvalue weighted by Gasteiger charge is 2.24. The van der Waals surface area contributed by atoms with E-state index in [0.717, 1.165) is 36.2 Å². The van der Waals surface area contributed by atoms with E-state index in [1.54, 1.807) is 23.1 Å². The van der Waals surface area contributed by atoms with Gasteiger partial charge in [-0.25, -0.2) is 12.8 Å². The highest BCUT2D eigenvalue weighted by Crippen LogP contribution is 2.12. The molecule has 0 spiro atoms. The summed E-state index contributed by atoms with van der Waals surface area (Å²) in [5.41, 5.74) is 0.452. The normalized spacial score (nSPS) is 16.2. The molecule has 1 fully saturated rings. The Labute approximate surface area is 143 Å². The van der Waals surface area contributed by atoms with Crippen molar-refractivity contribution < 1.29 is 17.6 Å². The Bertz CT molecular complexity index is 656. The number of carbonyl (C=O) groups is 1. The van der Waals surface area contributed by atoms with Crippen LogP contribution in [0.25, 0.3) is 0 Å². The van der Waals surface area contributed by atoms with Gasteiger partial charge in [-0.15, -0.1) is 0 Å². The van der Waals surface area contributed by atoms with E-state index in [4.69, 9.17) is 0 Å². The van der Waals surface area contributed by atoms with Crippen molar-refractivity contribution in [2.45, 2.75) is 32.1 Å². The monoisotopic (exact) mass is 356 g/mol. The van der Waals surface area contributed by atoms with Crippen LogP contribution in [0, 0.1) is 5.82 Å². The van der Waals surface area contributed by atoms with Crippen LogP contribution in [0.15, 0.2) is 24.3 Å². The van der Waals surface area contributed by atoms with Crippen LogP contribution in [0.3, 0.4) is 0 Å². The van der Waals surface area contributed by atoms with Gasteiger partial charge in [-0.1, -0.05) is 31.0 Å². The van der Waals surface area contributed by atoms with Crippen molar-refractivity contribution in [1.82, 2.24) is 9.21 Å². The van der Waals surface area contributed by atoms with Crippen LogP contribution in [0.4, 0.5) is 4.39 Å². The quantitative estimate of drug-likeness (QED) is 0.784. The summed E-state index contributed by atoms with van der Waals surface area (Å²) < 4.78 is 38.8. The lowest BCUT2D eigenvalue weighted by Crippen LogP contribution is -2.43. The Morgan fingerprint density at radius 2 is 1.79 bits per heavy atom. The lowest BCUT2D eigenvalue weighted by atomic mass is 10.1. The van der Waals surface area contributed by atoms with Crippen LogP contribution in [0.2, 0.25) is 0 Å². The Morgan fingerprint density at radius 3 is 2.38 bits per heavy atom. The van der Waals surface area contributed by atoms with Crippen LogP contribution in [0.5, 0.6) is 0 Å². The van der Waals surface area contributed by atoms with Crippen molar-refractivity contribution in [3.05, 3.63) is 35.6 Å². The number of likely N-dealkylation sites (tertiary alicyclic amines) is 1. The van der Waals surface area contributed by atoms with Crippen LogP contribution in [-0.2, 0) is 21.2 Å². The van der Waals surface area contributed by atoms with Gasteiger partial charge in [0.05, 0.1) is 12.8 Å². The molecule has 1 aliphatic rings. The third-order valence-corrected chi connectivity index (χ3v) is 5.58. The average Bonchev–Trinajstić information content (AvgIpc) is 2.80. The van der Waals surface area contributed by atoms with Gasteiger partial charge in [0, 0.05) is 19.6 Å². The Morgan fingerprint density at radius 1 is 1.17 bits per heavy atom. The molecule has 0 unspecified atom stereocenters. The number of hydrogen-bond acceptors (Lipinski definition) is 3. The first-order chi connectivity index (χ1) is 11.4. The first kappa shape index (κ1) is 18.9. The fourth-order valence-corrected chi connectivity index (χ4v) is 3.65. The minimum absolute atomic E-state index is 0.0966. The highest BCUT2D eigenvalue weighted by atomic mass is 32.2.